The van der Waals surface area contributed by atoms with E-state index in [9.17, 15) is 13.2 Å². The van der Waals surface area contributed by atoms with Crippen LogP contribution < -0.4 is 4.74 Å². The molecule has 0 saturated heterocycles. The largest absolute Gasteiger partial charge is 0.574 e. The number of aromatic nitrogens is 1. The topological polar surface area (TPSA) is 45.9 Å². The molecule has 0 bridgehead atoms. The highest BCUT2D eigenvalue weighted by atomic mass is 79.9. The third-order valence-corrected chi connectivity index (χ3v) is 2.67. The van der Waals surface area contributed by atoms with Gasteiger partial charge >= 0.3 is 6.36 Å². The quantitative estimate of drug-likeness (QED) is 0.805. The van der Waals surface area contributed by atoms with Crippen LogP contribution >= 0.6 is 15.9 Å². The molecular formula is C10H8BrF3N2O. The summed E-state index contributed by atoms with van der Waals surface area (Å²) in [5.41, 5.74) is 1.60. The monoisotopic (exact) mass is 308 g/mol. The number of halogens is 4. The summed E-state index contributed by atoms with van der Waals surface area (Å²) < 4.78 is 39.9. The van der Waals surface area contributed by atoms with E-state index in [2.05, 4.69) is 25.7 Å². The zero-order valence-electron chi connectivity index (χ0n) is 8.81. The van der Waals surface area contributed by atoms with Crippen molar-refractivity contribution < 1.29 is 17.9 Å². The molecule has 1 rings (SSSR count). The van der Waals surface area contributed by atoms with E-state index in [0.717, 1.165) is 0 Å². The van der Waals surface area contributed by atoms with Crippen molar-refractivity contribution in [1.29, 1.82) is 5.26 Å². The van der Waals surface area contributed by atoms with Gasteiger partial charge in [-0.1, -0.05) is 15.9 Å². The van der Waals surface area contributed by atoms with Crippen molar-refractivity contribution in [3.05, 3.63) is 22.9 Å². The molecule has 0 spiro atoms. The number of nitrogens with zero attached hydrogens (tertiary/aromatic N) is 2. The molecule has 0 radical (unpaired) electrons. The molecule has 7 heteroatoms. The maximum atomic E-state index is 12.1. The summed E-state index contributed by atoms with van der Waals surface area (Å²) in [4.78, 5) is 3.67. The van der Waals surface area contributed by atoms with Crippen LogP contribution in [0.2, 0.25) is 0 Å². The van der Waals surface area contributed by atoms with Gasteiger partial charge in [0.1, 0.15) is 0 Å². The van der Waals surface area contributed by atoms with Crippen LogP contribution in [-0.2, 0) is 11.8 Å². The first kappa shape index (κ1) is 13.8. The van der Waals surface area contributed by atoms with Crippen molar-refractivity contribution in [2.75, 3.05) is 0 Å². The zero-order valence-corrected chi connectivity index (χ0v) is 10.4. The van der Waals surface area contributed by atoms with E-state index in [-0.39, 0.29) is 6.42 Å². The van der Waals surface area contributed by atoms with E-state index in [1.807, 2.05) is 6.07 Å². The number of nitriles is 1. The number of pyridine rings is 1. The summed E-state index contributed by atoms with van der Waals surface area (Å²) in [6, 6.07) is 3.06. The average Bonchev–Trinajstić information content (AvgIpc) is 2.20. The number of alkyl halides is 4. The van der Waals surface area contributed by atoms with Crippen molar-refractivity contribution in [3.8, 4) is 11.9 Å². The molecule has 92 valence electrons. The van der Waals surface area contributed by atoms with Crippen LogP contribution in [0.15, 0.2) is 6.07 Å². The number of hydrogen-bond acceptors (Lipinski definition) is 3. The van der Waals surface area contributed by atoms with Crippen LogP contribution in [0.25, 0.3) is 0 Å². The molecule has 0 amide bonds. The summed E-state index contributed by atoms with van der Waals surface area (Å²) >= 11 is 3.16. The number of ether oxygens (including phenoxy) is 1. The molecule has 0 atom stereocenters. The van der Waals surface area contributed by atoms with Crippen LogP contribution in [0.5, 0.6) is 5.88 Å². The fraction of sp³-hybridized carbons (Fsp3) is 0.400. The Hall–Kier alpha value is -1.29. The van der Waals surface area contributed by atoms with E-state index in [1.165, 1.54) is 6.07 Å². The van der Waals surface area contributed by atoms with Gasteiger partial charge in [0.05, 0.1) is 18.2 Å². The molecule has 0 fully saturated rings. The van der Waals surface area contributed by atoms with Crippen molar-refractivity contribution in [3.63, 3.8) is 0 Å². The van der Waals surface area contributed by atoms with Gasteiger partial charge in [-0.15, -0.1) is 13.2 Å². The van der Waals surface area contributed by atoms with Crippen LogP contribution in [-0.4, -0.2) is 11.3 Å². The van der Waals surface area contributed by atoms with Gasteiger partial charge in [-0.25, -0.2) is 4.98 Å². The first-order valence-electron chi connectivity index (χ1n) is 4.55. The maximum absolute atomic E-state index is 12.1. The van der Waals surface area contributed by atoms with Crippen LogP contribution in [0.1, 0.15) is 16.8 Å². The second-order valence-corrected chi connectivity index (χ2v) is 3.77. The molecule has 1 aromatic heterocycles. The molecule has 17 heavy (non-hydrogen) atoms. The molecule has 0 unspecified atom stereocenters. The minimum absolute atomic E-state index is 0.0547. The van der Waals surface area contributed by atoms with Gasteiger partial charge in [-0.05, 0) is 18.1 Å². The van der Waals surface area contributed by atoms with E-state index in [4.69, 9.17) is 5.26 Å². The number of hydrogen-bond donors (Lipinski definition) is 0. The summed E-state index contributed by atoms with van der Waals surface area (Å²) in [7, 11) is 0. The predicted molar refractivity (Wildman–Crippen MR) is 57.6 cm³/mol. The third-order valence-electron chi connectivity index (χ3n) is 2.07. The van der Waals surface area contributed by atoms with Crippen LogP contribution in [0.4, 0.5) is 13.2 Å². The van der Waals surface area contributed by atoms with Crippen LogP contribution in [0, 0.1) is 18.3 Å². The minimum Gasteiger partial charge on any atom is -0.388 e. The Kier molecular flexibility index (Phi) is 4.34. The normalized spacial score (nSPS) is 11.1. The van der Waals surface area contributed by atoms with Gasteiger partial charge in [0, 0.05) is 11.4 Å². The minimum atomic E-state index is -4.78. The van der Waals surface area contributed by atoms with E-state index >= 15 is 0 Å². The lowest BCUT2D eigenvalue weighted by Gasteiger charge is -2.12. The van der Waals surface area contributed by atoms with Gasteiger partial charge in [0.25, 0.3) is 0 Å². The van der Waals surface area contributed by atoms with Gasteiger partial charge in [0.2, 0.25) is 5.88 Å². The molecule has 1 heterocycles. The van der Waals surface area contributed by atoms with Gasteiger partial charge in [0.15, 0.2) is 0 Å². The fourth-order valence-electron chi connectivity index (χ4n) is 1.25. The summed E-state index contributed by atoms with van der Waals surface area (Å²) in [5, 5.41) is 8.94. The predicted octanol–water partition coefficient (Wildman–Crippen LogP) is 3.25. The lowest BCUT2D eigenvalue weighted by molar-refractivity contribution is -0.276. The lowest BCUT2D eigenvalue weighted by atomic mass is 10.1. The summed E-state index contributed by atoms with van der Waals surface area (Å²) in [6.07, 6.45) is -4.84. The Balaban J connectivity index is 3.16. The summed E-state index contributed by atoms with van der Waals surface area (Å²) in [6.45, 7) is 1.70. The van der Waals surface area contributed by atoms with Crippen molar-refractivity contribution in [2.24, 2.45) is 0 Å². The second kappa shape index (κ2) is 5.36. The second-order valence-electron chi connectivity index (χ2n) is 3.21. The van der Waals surface area contributed by atoms with Crippen molar-refractivity contribution in [2.45, 2.75) is 25.0 Å². The standard InChI is InChI=1S/C10H8BrF3N2O/c1-6-7(5-11)4-9(17-10(12,13)14)16-8(6)2-3-15/h4H,2,5H2,1H3. The lowest BCUT2D eigenvalue weighted by Crippen LogP contribution is -2.18. The fourth-order valence-corrected chi connectivity index (χ4v) is 1.83. The van der Waals surface area contributed by atoms with Gasteiger partial charge in [-0.2, -0.15) is 5.26 Å². The molecule has 0 aliphatic rings. The third kappa shape index (κ3) is 3.89. The van der Waals surface area contributed by atoms with Crippen molar-refractivity contribution >= 4 is 15.9 Å². The first-order chi connectivity index (χ1) is 7.87. The maximum Gasteiger partial charge on any atom is 0.574 e. The number of rotatable bonds is 3. The summed E-state index contributed by atoms with van der Waals surface area (Å²) in [5.74, 6) is -0.539. The van der Waals surface area contributed by atoms with Crippen LogP contribution in [0.3, 0.4) is 0 Å². The highest BCUT2D eigenvalue weighted by Gasteiger charge is 2.32. The Morgan fingerprint density at radius 2 is 2.18 bits per heavy atom. The molecule has 0 saturated carbocycles. The Labute approximate surface area is 104 Å². The highest BCUT2D eigenvalue weighted by molar-refractivity contribution is 9.08. The molecule has 3 nitrogen and oxygen atoms in total. The highest BCUT2D eigenvalue weighted by Crippen LogP contribution is 2.25. The molecule has 0 aliphatic carbocycles. The van der Waals surface area contributed by atoms with E-state index in [1.54, 1.807) is 6.92 Å². The SMILES string of the molecule is Cc1c(CBr)cc(OC(F)(F)F)nc1CC#N. The first-order valence-corrected chi connectivity index (χ1v) is 5.67. The average molecular weight is 309 g/mol. The molecule has 0 aliphatic heterocycles. The Morgan fingerprint density at radius 1 is 1.53 bits per heavy atom. The molecule has 0 N–H and O–H groups in total. The molecular weight excluding hydrogens is 301 g/mol. The Bertz CT molecular complexity index is 454. The molecule has 0 aromatic carbocycles. The van der Waals surface area contributed by atoms with E-state index in [0.29, 0.717) is 22.2 Å². The smallest absolute Gasteiger partial charge is 0.388 e. The Morgan fingerprint density at radius 3 is 2.65 bits per heavy atom. The molecule has 1 aromatic rings. The van der Waals surface area contributed by atoms with E-state index < -0.39 is 12.2 Å². The van der Waals surface area contributed by atoms with Crippen molar-refractivity contribution in [1.82, 2.24) is 4.98 Å². The zero-order chi connectivity index (χ0) is 13.1. The van der Waals surface area contributed by atoms with Gasteiger partial charge < -0.3 is 4.74 Å². The van der Waals surface area contributed by atoms with Gasteiger partial charge in [-0.3, -0.25) is 0 Å².